The van der Waals surface area contributed by atoms with Crippen molar-refractivity contribution in [3.8, 4) is 0 Å². The van der Waals surface area contributed by atoms with Crippen molar-refractivity contribution in [1.82, 2.24) is 10.2 Å². The van der Waals surface area contributed by atoms with Crippen LogP contribution in [0.4, 0.5) is 0 Å². The summed E-state index contributed by atoms with van der Waals surface area (Å²) in [4.78, 5) is 25.5. The number of amides is 2. The molecule has 0 spiro atoms. The average Bonchev–Trinajstić information content (AvgIpc) is 2.81. The van der Waals surface area contributed by atoms with Crippen molar-refractivity contribution < 1.29 is 14.3 Å². The fraction of sp³-hybridized carbons (Fsp3) is 0.846. The van der Waals surface area contributed by atoms with Gasteiger partial charge in [0.1, 0.15) is 6.04 Å². The molecule has 0 aromatic heterocycles. The standard InChI is InChI=1S/C13H22N2O3/c1-3-10-13(17)14-7-12(16)15(10)8-9-5-6-18-11(9)4-2/h9-11H,3-8H2,1-2H3,(H,14,17). The van der Waals surface area contributed by atoms with E-state index in [2.05, 4.69) is 12.2 Å². The Labute approximate surface area is 108 Å². The van der Waals surface area contributed by atoms with Crippen LogP contribution in [0.25, 0.3) is 0 Å². The zero-order valence-corrected chi connectivity index (χ0v) is 11.1. The highest BCUT2D eigenvalue weighted by Crippen LogP contribution is 2.26. The van der Waals surface area contributed by atoms with Crippen molar-refractivity contribution in [2.75, 3.05) is 19.7 Å². The maximum absolute atomic E-state index is 12.0. The molecule has 2 aliphatic heterocycles. The molecule has 2 amide bonds. The summed E-state index contributed by atoms with van der Waals surface area (Å²) >= 11 is 0. The number of hydrogen-bond acceptors (Lipinski definition) is 3. The largest absolute Gasteiger partial charge is 0.378 e. The molecule has 0 radical (unpaired) electrons. The molecule has 2 aliphatic rings. The lowest BCUT2D eigenvalue weighted by molar-refractivity contribution is -0.146. The number of carbonyl (C=O) groups is 2. The fourth-order valence-corrected chi connectivity index (χ4v) is 2.94. The number of rotatable bonds is 4. The van der Waals surface area contributed by atoms with Gasteiger partial charge in [0.25, 0.3) is 0 Å². The Kier molecular flexibility index (Phi) is 4.22. The highest BCUT2D eigenvalue weighted by Gasteiger charge is 2.37. The average molecular weight is 254 g/mol. The molecule has 2 saturated heterocycles. The van der Waals surface area contributed by atoms with Crippen LogP contribution in [0.3, 0.4) is 0 Å². The number of nitrogens with zero attached hydrogens (tertiary/aromatic N) is 1. The van der Waals surface area contributed by atoms with Gasteiger partial charge in [-0.2, -0.15) is 0 Å². The van der Waals surface area contributed by atoms with Gasteiger partial charge in [0, 0.05) is 19.1 Å². The molecule has 2 rings (SSSR count). The summed E-state index contributed by atoms with van der Waals surface area (Å²) in [5.41, 5.74) is 0. The predicted molar refractivity (Wildman–Crippen MR) is 66.9 cm³/mol. The lowest BCUT2D eigenvalue weighted by atomic mass is 9.97. The molecule has 2 heterocycles. The first-order valence-corrected chi connectivity index (χ1v) is 6.86. The third-order valence-electron chi connectivity index (χ3n) is 3.98. The lowest BCUT2D eigenvalue weighted by Gasteiger charge is -2.36. The summed E-state index contributed by atoms with van der Waals surface area (Å²) in [6, 6.07) is -0.302. The van der Waals surface area contributed by atoms with Crippen molar-refractivity contribution in [2.45, 2.75) is 45.3 Å². The molecule has 0 saturated carbocycles. The van der Waals surface area contributed by atoms with Gasteiger partial charge in [-0.25, -0.2) is 0 Å². The minimum atomic E-state index is -0.302. The van der Waals surface area contributed by atoms with Crippen molar-refractivity contribution >= 4 is 11.8 Å². The monoisotopic (exact) mass is 254 g/mol. The minimum Gasteiger partial charge on any atom is -0.378 e. The second kappa shape index (κ2) is 5.69. The van der Waals surface area contributed by atoms with E-state index in [9.17, 15) is 9.59 Å². The SMILES string of the molecule is CCC1OCCC1CN1C(=O)CNC(=O)C1CC. The van der Waals surface area contributed by atoms with Crippen LogP contribution in [0.5, 0.6) is 0 Å². The van der Waals surface area contributed by atoms with Crippen LogP contribution in [0, 0.1) is 5.92 Å². The smallest absolute Gasteiger partial charge is 0.243 e. The molecule has 0 aromatic carbocycles. The number of carbonyl (C=O) groups excluding carboxylic acids is 2. The van der Waals surface area contributed by atoms with Gasteiger partial charge in [0.05, 0.1) is 12.6 Å². The second-order valence-electron chi connectivity index (χ2n) is 5.05. The van der Waals surface area contributed by atoms with E-state index < -0.39 is 0 Å². The molecule has 18 heavy (non-hydrogen) atoms. The minimum absolute atomic E-state index is 0.0240. The Balaban J connectivity index is 2.04. The molecule has 0 aromatic rings. The van der Waals surface area contributed by atoms with Gasteiger partial charge < -0.3 is 15.0 Å². The molecule has 5 nitrogen and oxygen atoms in total. The molecule has 0 bridgehead atoms. The molecular weight excluding hydrogens is 232 g/mol. The molecule has 1 N–H and O–H groups in total. The highest BCUT2D eigenvalue weighted by atomic mass is 16.5. The van der Waals surface area contributed by atoms with Gasteiger partial charge in [-0.15, -0.1) is 0 Å². The van der Waals surface area contributed by atoms with E-state index in [0.29, 0.717) is 18.9 Å². The topological polar surface area (TPSA) is 58.6 Å². The van der Waals surface area contributed by atoms with E-state index in [4.69, 9.17) is 4.74 Å². The maximum atomic E-state index is 12.0. The van der Waals surface area contributed by atoms with E-state index in [1.165, 1.54) is 0 Å². The van der Waals surface area contributed by atoms with E-state index in [0.717, 1.165) is 19.4 Å². The molecule has 5 heteroatoms. The van der Waals surface area contributed by atoms with Crippen molar-refractivity contribution in [3.63, 3.8) is 0 Å². The Morgan fingerprint density at radius 1 is 1.33 bits per heavy atom. The lowest BCUT2D eigenvalue weighted by Crippen LogP contribution is -2.59. The molecule has 2 fully saturated rings. The summed E-state index contributed by atoms with van der Waals surface area (Å²) < 4.78 is 5.65. The van der Waals surface area contributed by atoms with Gasteiger partial charge in [-0.3, -0.25) is 9.59 Å². The number of nitrogens with one attached hydrogen (secondary N) is 1. The Morgan fingerprint density at radius 3 is 2.78 bits per heavy atom. The molecule has 3 atom stereocenters. The van der Waals surface area contributed by atoms with Crippen LogP contribution in [0.1, 0.15) is 33.1 Å². The third kappa shape index (κ3) is 2.51. The maximum Gasteiger partial charge on any atom is 0.243 e. The van der Waals surface area contributed by atoms with Crippen LogP contribution in [-0.4, -0.2) is 48.6 Å². The van der Waals surface area contributed by atoms with Gasteiger partial charge in [0.2, 0.25) is 11.8 Å². The quantitative estimate of drug-likeness (QED) is 0.796. The van der Waals surface area contributed by atoms with E-state index in [1.807, 2.05) is 6.92 Å². The fourth-order valence-electron chi connectivity index (χ4n) is 2.94. The number of ether oxygens (including phenoxy) is 1. The van der Waals surface area contributed by atoms with Crippen molar-refractivity contribution in [3.05, 3.63) is 0 Å². The molecular formula is C13H22N2O3. The summed E-state index contributed by atoms with van der Waals surface area (Å²) in [5, 5.41) is 2.65. The van der Waals surface area contributed by atoms with Gasteiger partial charge in [-0.1, -0.05) is 13.8 Å². The molecule has 102 valence electrons. The Morgan fingerprint density at radius 2 is 2.11 bits per heavy atom. The van der Waals surface area contributed by atoms with Gasteiger partial charge >= 0.3 is 0 Å². The van der Waals surface area contributed by atoms with Crippen LogP contribution in [0.2, 0.25) is 0 Å². The number of hydrogen-bond donors (Lipinski definition) is 1. The first kappa shape index (κ1) is 13.3. The zero-order valence-electron chi connectivity index (χ0n) is 11.1. The van der Waals surface area contributed by atoms with Crippen LogP contribution < -0.4 is 5.32 Å². The highest BCUT2D eigenvalue weighted by molar-refractivity contribution is 5.94. The third-order valence-corrected chi connectivity index (χ3v) is 3.98. The first-order chi connectivity index (χ1) is 8.67. The van der Waals surface area contributed by atoms with Crippen molar-refractivity contribution in [1.29, 1.82) is 0 Å². The summed E-state index contributed by atoms with van der Waals surface area (Å²) in [6.07, 6.45) is 2.86. The molecule has 0 aliphatic carbocycles. The normalized spacial score (nSPS) is 32.8. The van der Waals surface area contributed by atoms with Gasteiger partial charge in [-0.05, 0) is 19.3 Å². The van der Waals surface area contributed by atoms with Crippen molar-refractivity contribution in [2.24, 2.45) is 5.92 Å². The molecule has 3 unspecified atom stereocenters. The Hall–Kier alpha value is -1.10. The second-order valence-corrected chi connectivity index (χ2v) is 5.05. The van der Waals surface area contributed by atoms with E-state index in [1.54, 1.807) is 4.90 Å². The van der Waals surface area contributed by atoms with Crippen LogP contribution >= 0.6 is 0 Å². The summed E-state index contributed by atoms with van der Waals surface area (Å²) in [6.45, 7) is 5.61. The first-order valence-electron chi connectivity index (χ1n) is 6.86. The predicted octanol–water partition coefficient (Wildman–Crippen LogP) is 0.539. The van der Waals surface area contributed by atoms with Crippen LogP contribution in [-0.2, 0) is 14.3 Å². The Bertz CT molecular complexity index is 332. The van der Waals surface area contributed by atoms with E-state index >= 15 is 0 Å². The number of piperazine rings is 1. The van der Waals surface area contributed by atoms with Crippen LogP contribution in [0.15, 0.2) is 0 Å². The van der Waals surface area contributed by atoms with E-state index in [-0.39, 0.29) is 30.5 Å². The zero-order chi connectivity index (χ0) is 13.1. The summed E-state index contributed by atoms with van der Waals surface area (Å²) in [7, 11) is 0. The summed E-state index contributed by atoms with van der Waals surface area (Å²) in [5.74, 6) is 0.381. The van der Waals surface area contributed by atoms with Gasteiger partial charge in [0.15, 0.2) is 0 Å².